The van der Waals surface area contributed by atoms with E-state index in [1.165, 1.54) is 7.11 Å². The van der Waals surface area contributed by atoms with E-state index in [0.717, 1.165) is 24.2 Å². The van der Waals surface area contributed by atoms with Crippen molar-refractivity contribution in [3.05, 3.63) is 23.5 Å². The zero-order valence-corrected chi connectivity index (χ0v) is 11.3. The maximum Gasteiger partial charge on any atom is 0.324 e. The molecule has 0 aromatic carbocycles. The quantitative estimate of drug-likeness (QED) is 0.561. The lowest BCUT2D eigenvalue weighted by Gasteiger charge is -2.18. The molecule has 0 heterocycles. The smallest absolute Gasteiger partial charge is 0.324 e. The minimum atomic E-state index is -0.591. The van der Waals surface area contributed by atoms with Gasteiger partial charge in [-0.3, -0.25) is 4.79 Å². The predicted molar refractivity (Wildman–Crippen MR) is 67.9 cm³/mol. The van der Waals surface area contributed by atoms with E-state index in [4.69, 9.17) is 16.3 Å². The number of rotatable bonds is 5. The van der Waals surface area contributed by atoms with Crippen molar-refractivity contribution in [2.45, 2.75) is 44.6 Å². The Morgan fingerprint density at radius 3 is 2.59 bits per heavy atom. The van der Waals surface area contributed by atoms with E-state index in [1.54, 1.807) is 0 Å². The molecule has 0 N–H and O–H groups in total. The van der Waals surface area contributed by atoms with Crippen molar-refractivity contribution >= 4 is 17.6 Å². The van der Waals surface area contributed by atoms with Crippen LogP contribution in [-0.2, 0) is 14.3 Å². The molecule has 0 aromatic rings. The molecule has 0 saturated carbocycles. The maximum atomic E-state index is 11.2. The van der Waals surface area contributed by atoms with Gasteiger partial charge in [-0.25, -0.2) is 0 Å². The lowest BCUT2D eigenvalue weighted by atomic mass is 9.99. The van der Waals surface area contributed by atoms with E-state index in [1.807, 2.05) is 26.0 Å². The summed E-state index contributed by atoms with van der Waals surface area (Å²) in [6.07, 6.45) is 6.44. The van der Waals surface area contributed by atoms with Crippen molar-refractivity contribution in [3.63, 3.8) is 0 Å². The molecular formula is C13H19ClO3. The lowest BCUT2D eigenvalue weighted by Crippen LogP contribution is -2.17. The molecule has 0 fully saturated rings. The van der Waals surface area contributed by atoms with Gasteiger partial charge in [0.2, 0.25) is 0 Å². The van der Waals surface area contributed by atoms with Crippen LogP contribution in [0.5, 0.6) is 0 Å². The molecule has 1 aliphatic carbocycles. The van der Waals surface area contributed by atoms with Gasteiger partial charge < -0.3 is 9.47 Å². The lowest BCUT2D eigenvalue weighted by molar-refractivity contribution is -0.140. The third-order valence-corrected chi connectivity index (χ3v) is 2.82. The van der Waals surface area contributed by atoms with Crippen molar-refractivity contribution in [2.75, 3.05) is 7.11 Å². The summed E-state index contributed by atoms with van der Waals surface area (Å²) in [5.41, 5.74) is 1.16. The Morgan fingerprint density at radius 2 is 2.12 bits per heavy atom. The average molecular weight is 259 g/mol. The van der Waals surface area contributed by atoms with Gasteiger partial charge in [0.25, 0.3) is 0 Å². The number of hydrogen-bond donors (Lipinski definition) is 0. The Hall–Kier alpha value is -0.960. The van der Waals surface area contributed by atoms with Crippen LogP contribution in [0.1, 0.15) is 33.1 Å². The SMILES string of the molecule is COC(=O)[C@H](Cl)CC1=CC=C(OC(C)C)CC1. The molecule has 17 heavy (non-hydrogen) atoms. The second-order valence-corrected chi connectivity index (χ2v) is 4.85. The molecule has 0 radical (unpaired) electrons. The molecule has 1 atom stereocenters. The summed E-state index contributed by atoms with van der Waals surface area (Å²) in [5.74, 6) is 0.619. The van der Waals surface area contributed by atoms with Crippen LogP contribution in [0.25, 0.3) is 0 Å². The summed E-state index contributed by atoms with van der Waals surface area (Å²) in [5, 5.41) is -0.591. The van der Waals surface area contributed by atoms with Gasteiger partial charge in [0.15, 0.2) is 0 Å². The molecule has 96 valence electrons. The van der Waals surface area contributed by atoms with Crippen LogP contribution in [0.15, 0.2) is 23.5 Å². The fraction of sp³-hybridized carbons (Fsp3) is 0.615. The van der Waals surface area contributed by atoms with E-state index < -0.39 is 5.38 Å². The second kappa shape index (κ2) is 6.70. The summed E-state index contributed by atoms with van der Waals surface area (Å²) in [6, 6.07) is 0. The highest BCUT2D eigenvalue weighted by atomic mass is 35.5. The molecule has 0 amide bonds. The Kier molecular flexibility index (Phi) is 5.56. The van der Waals surface area contributed by atoms with E-state index in [2.05, 4.69) is 4.74 Å². The van der Waals surface area contributed by atoms with Gasteiger partial charge >= 0.3 is 5.97 Å². The molecule has 0 bridgehead atoms. The van der Waals surface area contributed by atoms with E-state index in [0.29, 0.717) is 6.42 Å². The predicted octanol–water partition coefficient (Wildman–Crippen LogP) is 3.19. The van der Waals surface area contributed by atoms with Crippen LogP contribution in [-0.4, -0.2) is 24.6 Å². The Bertz CT molecular complexity index is 332. The van der Waals surface area contributed by atoms with Gasteiger partial charge in [0.1, 0.15) is 5.38 Å². The molecule has 1 rings (SSSR count). The zero-order chi connectivity index (χ0) is 12.8. The number of methoxy groups -OCH3 is 1. The van der Waals surface area contributed by atoms with Crippen molar-refractivity contribution in [2.24, 2.45) is 0 Å². The number of alkyl halides is 1. The van der Waals surface area contributed by atoms with Crippen molar-refractivity contribution in [3.8, 4) is 0 Å². The van der Waals surface area contributed by atoms with Gasteiger partial charge in [-0.15, -0.1) is 11.6 Å². The zero-order valence-electron chi connectivity index (χ0n) is 10.5. The number of hydrogen-bond acceptors (Lipinski definition) is 3. The summed E-state index contributed by atoms with van der Waals surface area (Å²) in [4.78, 5) is 11.2. The Balaban J connectivity index is 2.50. The van der Waals surface area contributed by atoms with Crippen LogP contribution < -0.4 is 0 Å². The van der Waals surface area contributed by atoms with Crippen LogP contribution >= 0.6 is 11.6 Å². The van der Waals surface area contributed by atoms with Crippen LogP contribution in [0.2, 0.25) is 0 Å². The first-order valence-corrected chi connectivity index (χ1v) is 6.23. The van der Waals surface area contributed by atoms with Crippen molar-refractivity contribution < 1.29 is 14.3 Å². The van der Waals surface area contributed by atoms with Crippen LogP contribution in [0.3, 0.4) is 0 Å². The number of carbonyl (C=O) groups is 1. The third kappa shape index (κ3) is 4.82. The van der Waals surface area contributed by atoms with Crippen LogP contribution in [0, 0.1) is 0 Å². The van der Waals surface area contributed by atoms with E-state index in [-0.39, 0.29) is 12.1 Å². The molecule has 0 aliphatic heterocycles. The minimum Gasteiger partial charge on any atom is -0.495 e. The Morgan fingerprint density at radius 1 is 1.41 bits per heavy atom. The summed E-state index contributed by atoms with van der Waals surface area (Å²) < 4.78 is 10.2. The Labute approximate surface area is 107 Å². The van der Waals surface area contributed by atoms with Gasteiger partial charge in [0.05, 0.1) is 19.0 Å². The minimum absolute atomic E-state index is 0.201. The summed E-state index contributed by atoms with van der Waals surface area (Å²) in [6.45, 7) is 4.01. The molecule has 0 aromatic heterocycles. The fourth-order valence-corrected chi connectivity index (χ4v) is 1.96. The highest BCUT2D eigenvalue weighted by Gasteiger charge is 2.19. The van der Waals surface area contributed by atoms with Gasteiger partial charge in [-0.1, -0.05) is 11.6 Å². The van der Waals surface area contributed by atoms with E-state index >= 15 is 0 Å². The highest BCUT2D eigenvalue weighted by Crippen LogP contribution is 2.25. The summed E-state index contributed by atoms with van der Waals surface area (Å²) >= 11 is 5.92. The normalized spacial score (nSPS) is 17.2. The topological polar surface area (TPSA) is 35.5 Å². The largest absolute Gasteiger partial charge is 0.495 e. The van der Waals surface area contributed by atoms with Crippen molar-refractivity contribution in [1.82, 2.24) is 0 Å². The van der Waals surface area contributed by atoms with Gasteiger partial charge in [0, 0.05) is 6.42 Å². The molecule has 0 spiro atoms. The first-order valence-electron chi connectivity index (χ1n) is 5.80. The number of carbonyl (C=O) groups excluding carboxylic acids is 1. The monoisotopic (exact) mass is 258 g/mol. The third-order valence-electron chi connectivity index (χ3n) is 2.48. The number of esters is 1. The second-order valence-electron chi connectivity index (χ2n) is 4.32. The van der Waals surface area contributed by atoms with Crippen LogP contribution in [0.4, 0.5) is 0 Å². The first-order chi connectivity index (χ1) is 8.02. The fourth-order valence-electron chi connectivity index (χ4n) is 1.67. The number of allylic oxidation sites excluding steroid dienone is 4. The summed E-state index contributed by atoms with van der Waals surface area (Å²) in [7, 11) is 1.35. The standard InChI is InChI=1S/C13H19ClO3/c1-9(2)17-11-6-4-10(5-7-11)8-12(14)13(15)16-3/h4,6,9,12H,5,7-8H2,1-3H3/t12-/m1/s1. The van der Waals surface area contributed by atoms with Crippen molar-refractivity contribution in [1.29, 1.82) is 0 Å². The van der Waals surface area contributed by atoms with Gasteiger partial charge in [-0.2, -0.15) is 0 Å². The van der Waals surface area contributed by atoms with Gasteiger partial charge in [-0.05, 0) is 32.8 Å². The molecule has 4 heteroatoms. The van der Waals surface area contributed by atoms with E-state index in [9.17, 15) is 4.79 Å². The maximum absolute atomic E-state index is 11.2. The first kappa shape index (κ1) is 14.1. The highest BCUT2D eigenvalue weighted by molar-refractivity contribution is 6.30. The molecule has 1 aliphatic rings. The number of ether oxygens (including phenoxy) is 2. The molecule has 0 saturated heterocycles. The number of halogens is 1. The molecule has 3 nitrogen and oxygen atoms in total. The molecule has 0 unspecified atom stereocenters. The average Bonchev–Trinajstić information content (AvgIpc) is 2.30. The molecular weight excluding hydrogens is 240 g/mol.